The summed E-state index contributed by atoms with van der Waals surface area (Å²) in [5.74, 6) is 0.614. The molecule has 1 aliphatic rings. The quantitative estimate of drug-likeness (QED) is 0.725. The van der Waals surface area contributed by atoms with Gasteiger partial charge in [0, 0.05) is 19.5 Å². The highest BCUT2D eigenvalue weighted by Crippen LogP contribution is 2.16. The van der Waals surface area contributed by atoms with Crippen LogP contribution in [0.4, 0.5) is 0 Å². The molecule has 5 nitrogen and oxygen atoms in total. The summed E-state index contributed by atoms with van der Waals surface area (Å²) < 4.78 is 5.70. The molecule has 21 heavy (non-hydrogen) atoms. The number of hydrogen-bond donors (Lipinski definition) is 2. The van der Waals surface area contributed by atoms with Gasteiger partial charge in [-0.1, -0.05) is 24.4 Å². The van der Waals surface area contributed by atoms with Crippen LogP contribution in [0.15, 0.2) is 24.3 Å². The third-order valence-electron chi connectivity index (χ3n) is 3.65. The second kappa shape index (κ2) is 7.38. The SMILES string of the molecule is NC(=O)C1CCN(CCOc2ccc(CC(N)=S)cc2)C1. The summed E-state index contributed by atoms with van der Waals surface area (Å²) in [6, 6.07) is 7.77. The number of thiocarbonyl (C=S) groups is 1. The van der Waals surface area contributed by atoms with Gasteiger partial charge in [0.2, 0.25) is 5.91 Å². The Morgan fingerprint density at radius 1 is 1.33 bits per heavy atom. The minimum absolute atomic E-state index is 0.00983. The predicted octanol–water partition coefficient (Wildman–Crippen LogP) is 0.701. The third kappa shape index (κ3) is 4.99. The van der Waals surface area contributed by atoms with Gasteiger partial charge in [-0.25, -0.2) is 0 Å². The van der Waals surface area contributed by atoms with Gasteiger partial charge in [-0.15, -0.1) is 0 Å². The van der Waals surface area contributed by atoms with Crippen LogP contribution >= 0.6 is 12.2 Å². The van der Waals surface area contributed by atoms with E-state index in [1.807, 2.05) is 24.3 Å². The van der Waals surface area contributed by atoms with Crippen molar-refractivity contribution < 1.29 is 9.53 Å². The molecule has 0 aromatic heterocycles. The molecule has 1 saturated heterocycles. The average Bonchev–Trinajstić information content (AvgIpc) is 2.89. The molecule has 0 saturated carbocycles. The van der Waals surface area contributed by atoms with Crippen LogP contribution in [-0.2, 0) is 11.2 Å². The van der Waals surface area contributed by atoms with E-state index >= 15 is 0 Å². The number of hydrogen-bond acceptors (Lipinski definition) is 4. The Morgan fingerprint density at radius 2 is 2.05 bits per heavy atom. The molecule has 1 aromatic rings. The van der Waals surface area contributed by atoms with Crippen LogP contribution in [0.3, 0.4) is 0 Å². The Labute approximate surface area is 130 Å². The van der Waals surface area contributed by atoms with E-state index < -0.39 is 0 Å². The zero-order chi connectivity index (χ0) is 15.2. The highest BCUT2D eigenvalue weighted by molar-refractivity contribution is 7.80. The van der Waals surface area contributed by atoms with E-state index in [4.69, 9.17) is 28.4 Å². The lowest BCUT2D eigenvalue weighted by Gasteiger charge is -2.15. The fourth-order valence-electron chi connectivity index (χ4n) is 2.47. The van der Waals surface area contributed by atoms with Crippen LogP contribution in [0.1, 0.15) is 12.0 Å². The van der Waals surface area contributed by atoms with Crippen LogP contribution in [0.5, 0.6) is 5.75 Å². The topological polar surface area (TPSA) is 81.6 Å². The Morgan fingerprint density at radius 3 is 2.62 bits per heavy atom. The van der Waals surface area contributed by atoms with Crippen LogP contribution in [0.25, 0.3) is 0 Å². The van der Waals surface area contributed by atoms with E-state index in [9.17, 15) is 4.79 Å². The molecule has 0 spiro atoms. The van der Waals surface area contributed by atoms with Gasteiger partial charge in [-0.2, -0.15) is 0 Å². The van der Waals surface area contributed by atoms with Gasteiger partial charge in [0.25, 0.3) is 0 Å². The average molecular weight is 307 g/mol. The summed E-state index contributed by atoms with van der Waals surface area (Å²) in [7, 11) is 0. The number of likely N-dealkylation sites (tertiary alicyclic amines) is 1. The lowest BCUT2D eigenvalue weighted by Crippen LogP contribution is -2.30. The maximum atomic E-state index is 11.1. The number of carbonyl (C=O) groups is 1. The van der Waals surface area contributed by atoms with Crippen LogP contribution in [0.2, 0.25) is 0 Å². The van der Waals surface area contributed by atoms with Crippen molar-refractivity contribution in [2.75, 3.05) is 26.2 Å². The Balaban J connectivity index is 1.71. The van der Waals surface area contributed by atoms with E-state index in [-0.39, 0.29) is 11.8 Å². The van der Waals surface area contributed by atoms with E-state index in [1.54, 1.807) is 0 Å². The number of nitrogens with zero attached hydrogens (tertiary/aromatic N) is 1. The number of primary amides is 1. The number of amides is 1. The van der Waals surface area contributed by atoms with Crippen LogP contribution in [-0.4, -0.2) is 42.0 Å². The van der Waals surface area contributed by atoms with Crippen molar-refractivity contribution in [3.63, 3.8) is 0 Å². The summed E-state index contributed by atoms with van der Waals surface area (Å²) in [4.78, 5) is 13.8. The van der Waals surface area contributed by atoms with E-state index in [1.165, 1.54) is 0 Å². The molecule has 2 rings (SSSR count). The smallest absolute Gasteiger partial charge is 0.221 e. The zero-order valence-electron chi connectivity index (χ0n) is 12.0. The van der Waals surface area contributed by atoms with Crippen molar-refractivity contribution in [3.05, 3.63) is 29.8 Å². The Hall–Kier alpha value is -1.66. The van der Waals surface area contributed by atoms with Gasteiger partial charge < -0.3 is 16.2 Å². The van der Waals surface area contributed by atoms with Crippen molar-refractivity contribution >= 4 is 23.1 Å². The summed E-state index contributed by atoms with van der Waals surface area (Å²) in [6.45, 7) is 3.05. The largest absolute Gasteiger partial charge is 0.492 e. The molecule has 6 heteroatoms. The summed E-state index contributed by atoms with van der Waals surface area (Å²) in [5, 5.41) is 0. The number of carbonyl (C=O) groups excluding carboxylic acids is 1. The molecule has 114 valence electrons. The highest BCUT2D eigenvalue weighted by atomic mass is 32.1. The third-order valence-corrected chi connectivity index (χ3v) is 3.80. The van der Waals surface area contributed by atoms with Crippen molar-refractivity contribution in [2.24, 2.45) is 17.4 Å². The first-order chi connectivity index (χ1) is 10.0. The second-order valence-corrected chi connectivity index (χ2v) is 5.85. The second-order valence-electron chi connectivity index (χ2n) is 5.32. The fourth-order valence-corrected chi connectivity index (χ4v) is 2.63. The molecule has 4 N–H and O–H groups in total. The molecule has 1 heterocycles. The molecular formula is C15H21N3O2S. The number of ether oxygens (including phenoxy) is 1. The van der Waals surface area contributed by atoms with Gasteiger partial charge in [0.1, 0.15) is 12.4 Å². The molecule has 1 atom stereocenters. The maximum absolute atomic E-state index is 11.1. The first kappa shape index (κ1) is 15.7. The Bertz CT molecular complexity index is 504. The molecule has 1 unspecified atom stereocenters. The minimum Gasteiger partial charge on any atom is -0.492 e. The van der Waals surface area contributed by atoms with Crippen molar-refractivity contribution in [1.82, 2.24) is 4.90 Å². The number of rotatable bonds is 7. The van der Waals surface area contributed by atoms with Crippen LogP contribution in [0, 0.1) is 5.92 Å². The monoisotopic (exact) mass is 307 g/mol. The van der Waals surface area contributed by atoms with Gasteiger partial charge in [-0.3, -0.25) is 9.69 Å². The van der Waals surface area contributed by atoms with E-state index in [2.05, 4.69) is 4.90 Å². The predicted molar refractivity (Wildman–Crippen MR) is 86.2 cm³/mol. The molecule has 0 bridgehead atoms. The zero-order valence-corrected chi connectivity index (χ0v) is 12.8. The normalized spacial score (nSPS) is 18.6. The first-order valence-electron chi connectivity index (χ1n) is 7.06. The van der Waals surface area contributed by atoms with Gasteiger partial charge in [0.15, 0.2) is 0 Å². The standard InChI is InChI=1S/C15H21N3O2S/c16-14(21)9-11-1-3-13(4-2-11)20-8-7-18-6-5-12(10-18)15(17)19/h1-4,12H,5-10H2,(H2,16,21)(H2,17,19). The lowest BCUT2D eigenvalue weighted by molar-refractivity contribution is -0.121. The lowest BCUT2D eigenvalue weighted by atomic mass is 10.1. The first-order valence-corrected chi connectivity index (χ1v) is 7.47. The van der Waals surface area contributed by atoms with Crippen LogP contribution < -0.4 is 16.2 Å². The Kier molecular flexibility index (Phi) is 5.52. The van der Waals surface area contributed by atoms with Crippen molar-refractivity contribution in [1.29, 1.82) is 0 Å². The minimum atomic E-state index is -0.202. The van der Waals surface area contributed by atoms with E-state index in [0.717, 1.165) is 37.4 Å². The highest BCUT2D eigenvalue weighted by Gasteiger charge is 2.25. The fraction of sp³-hybridized carbons (Fsp3) is 0.467. The molecule has 0 radical (unpaired) electrons. The molecule has 0 aliphatic carbocycles. The van der Waals surface area contributed by atoms with Gasteiger partial charge in [0.05, 0.1) is 10.9 Å². The molecule has 1 amide bonds. The summed E-state index contributed by atoms with van der Waals surface area (Å²) >= 11 is 4.88. The molecule has 1 aliphatic heterocycles. The number of nitrogens with two attached hydrogens (primary N) is 2. The summed E-state index contributed by atoms with van der Waals surface area (Å²) in [5.41, 5.74) is 11.9. The summed E-state index contributed by atoms with van der Waals surface area (Å²) in [6.07, 6.45) is 1.46. The van der Waals surface area contributed by atoms with Gasteiger partial charge >= 0.3 is 0 Å². The number of benzene rings is 1. The molecule has 1 aromatic carbocycles. The van der Waals surface area contributed by atoms with Gasteiger partial charge in [-0.05, 0) is 30.7 Å². The maximum Gasteiger partial charge on any atom is 0.221 e. The molecular weight excluding hydrogens is 286 g/mol. The van der Waals surface area contributed by atoms with Crippen molar-refractivity contribution in [2.45, 2.75) is 12.8 Å². The van der Waals surface area contributed by atoms with Crippen molar-refractivity contribution in [3.8, 4) is 5.75 Å². The molecule has 1 fully saturated rings. The van der Waals surface area contributed by atoms with E-state index in [0.29, 0.717) is 18.0 Å².